The monoisotopic (exact) mass is 347 g/mol. The SMILES string of the molecule is CC(Cc1ccccc1)NC(=O)C(OS(C)(=O)=O)c1ccccc1. The zero-order valence-corrected chi connectivity index (χ0v) is 14.5. The van der Waals surface area contributed by atoms with Crippen molar-refractivity contribution in [1.29, 1.82) is 0 Å². The number of hydrogen-bond acceptors (Lipinski definition) is 4. The van der Waals surface area contributed by atoms with Crippen molar-refractivity contribution >= 4 is 16.0 Å². The van der Waals surface area contributed by atoms with E-state index < -0.39 is 22.1 Å². The fourth-order valence-corrected chi connectivity index (χ4v) is 2.94. The van der Waals surface area contributed by atoms with Crippen LogP contribution < -0.4 is 5.32 Å². The lowest BCUT2D eigenvalue weighted by Gasteiger charge is -2.20. The number of nitrogens with one attached hydrogen (secondary N) is 1. The molecule has 2 aromatic carbocycles. The molecule has 0 saturated heterocycles. The van der Waals surface area contributed by atoms with Gasteiger partial charge in [-0.3, -0.25) is 8.98 Å². The molecule has 0 aliphatic heterocycles. The summed E-state index contributed by atoms with van der Waals surface area (Å²) < 4.78 is 28.0. The van der Waals surface area contributed by atoms with E-state index in [2.05, 4.69) is 5.32 Å². The summed E-state index contributed by atoms with van der Waals surface area (Å²) in [6.07, 6.45) is 0.385. The number of carbonyl (C=O) groups is 1. The Kier molecular flexibility index (Phi) is 6.11. The number of amides is 1. The molecule has 1 N–H and O–H groups in total. The van der Waals surface area contributed by atoms with Crippen LogP contribution in [0.5, 0.6) is 0 Å². The van der Waals surface area contributed by atoms with Gasteiger partial charge in [-0.25, -0.2) is 0 Å². The van der Waals surface area contributed by atoms with Crippen molar-refractivity contribution in [3.05, 3.63) is 71.8 Å². The molecule has 1 amide bonds. The Morgan fingerprint density at radius 2 is 1.58 bits per heavy atom. The molecule has 0 heterocycles. The molecule has 0 aliphatic rings. The second-order valence-corrected chi connectivity index (χ2v) is 7.29. The van der Waals surface area contributed by atoms with E-state index >= 15 is 0 Å². The molecule has 5 nitrogen and oxygen atoms in total. The summed E-state index contributed by atoms with van der Waals surface area (Å²) in [4.78, 5) is 12.5. The van der Waals surface area contributed by atoms with Crippen molar-refractivity contribution in [2.45, 2.75) is 25.5 Å². The summed E-state index contributed by atoms with van der Waals surface area (Å²) in [6.45, 7) is 1.87. The van der Waals surface area contributed by atoms with Crippen LogP contribution in [0.4, 0.5) is 0 Å². The smallest absolute Gasteiger partial charge is 0.265 e. The first kappa shape index (κ1) is 18.2. The molecule has 0 spiro atoms. The molecule has 0 saturated carbocycles. The molecular weight excluding hydrogens is 326 g/mol. The van der Waals surface area contributed by atoms with Crippen LogP contribution in [0.15, 0.2) is 60.7 Å². The van der Waals surface area contributed by atoms with Gasteiger partial charge in [-0.2, -0.15) is 8.42 Å². The first-order valence-corrected chi connectivity index (χ1v) is 9.44. The van der Waals surface area contributed by atoms with Gasteiger partial charge in [0.25, 0.3) is 16.0 Å². The largest absolute Gasteiger partial charge is 0.351 e. The Morgan fingerprint density at radius 3 is 2.12 bits per heavy atom. The minimum Gasteiger partial charge on any atom is -0.351 e. The van der Waals surface area contributed by atoms with Crippen molar-refractivity contribution in [3.8, 4) is 0 Å². The molecular formula is C18H21NO4S. The van der Waals surface area contributed by atoms with Crippen LogP contribution in [-0.2, 0) is 25.5 Å². The minimum absolute atomic E-state index is 0.158. The van der Waals surface area contributed by atoms with Crippen molar-refractivity contribution in [2.75, 3.05) is 6.26 Å². The van der Waals surface area contributed by atoms with Gasteiger partial charge in [0.1, 0.15) is 0 Å². The van der Waals surface area contributed by atoms with E-state index in [0.29, 0.717) is 12.0 Å². The van der Waals surface area contributed by atoms with Crippen LogP contribution in [0.2, 0.25) is 0 Å². The average molecular weight is 347 g/mol. The summed E-state index contributed by atoms with van der Waals surface area (Å²) in [5.74, 6) is -0.477. The molecule has 0 aromatic heterocycles. The molecule has 0 aliphatic carbocycles. The highest BCUT2D eigenvalue weighted by atomic mass is 32.2. The topological polar surface area (TPSA) is 72.5 Å². The van der Waals surface area contributed by atoms with Gasteiger partial charge < -0.3 is 5.32 Å². The summed E-state index contributed by atoms with van der Waals surface area (Å²) in [5.41, 5.74) is 1.58. The van der Waals surface area contributed by atoms with Crippen LogP contribution in [0, 0.1) is 0 Å². The van der Waals surface area contributed by atoms with Crippen LogP contribution in [0.1, 0.15) is 24.2 Å². The van der Waals surface area contributed by atoms with Gasteiger partial charge in [-0.15, -0.1) is 0 Å². The molecule has 6 heteroatoms. The second kappa shape index (κ2) is 8.08. The maximum absolute atomic E-state index is 12.5. The molecule has 0 bridgehead atoms. The fourth-order valence-electron chi connectivity index (χ4n) is 2.39. The Labute approximate surface area is 142 Å². The summed E-state index contributed by atoms with van der Waals surface area (Å²) >= 11 is 0. The fraction of sp³-hybridized carbons (Fsp3) is 0.278. The highest BCUT2D eigenvalue weighted by molar-refractivity contribution is 7.86. The van der Waals surface area contributed by atoms with Crippen LogP contribution >= 0.6 is 0 Å². The molecule has 0 fully saturated rings. The number of hydrogen-bond donors (Lipinski definition) is 1. The Hall–Kier alpha value is -2.18. The molecule has 2 rings (SSSR count). The van der Waals surface area contributed by atoms with E-state index in [4.69, 9.17) is 4.18 Å². The van der Waals surface area contributed by atoms with Crippen molar-refractivity contribution in [1.82, 2.24) is 5.32 Å². The third-order valence-electron chi connectivity index (χ3n) is 3.38. The first-order valence-electron chi connectivity index (χ1n) is 7.62. The first-order chi connectivity index (χ1) is 11.3. The molecule has 0 radical (unpaired) electrons. The zero-order chi connectivity index (χ0) is 17.6. The van der Waals surface area contributed by atoms with E-state index in [1.54, 1.807) is 30.3 Å². The van der Waals surface area contributed by atoms with E-state index in [0.717, 1.165) is 11.8 Å². The van der Waals surface area contributed by atoms with Crippen LogP contribution in [0.25, 0.3) is 0 Å². The van der Waals surface area contributed by atoms with Gasteiger partial charge in [0, 0.05) is 6.04 Å². The van der Waals surface area contributed by atoms with E-state index in [9.17, 15) is 13.2 Å². The van der Waals surface area contributed by atoms with Crippen molar-refractivity contribution in [2.24, 2.45) is 0 Å². The van der Waals surface area contributed by atoms with Gasteiger partial charge in [0.05, 0.1) is 6.26 Å². The van der Waals surface area contributed by atoms with Crippen LogP contribution in [-0.4, -0.2) is 26.6 Å². The Balaban J connectivity index is 2.10. The molecule has 2 unspecified atom stereocenters. The standard InChI is InChI=1S/C18H21NO4S/c1-14(13-15-9-5-3-6-10-15)19-18(20)17(23-24(2,21)22)16-11-7-4-8-12-16/h3-12,14,17H,13H2,1-2H3,(H,19,20). The predicted molar refractivity (Wildman–Crippen MR) is 92.9 cm³/mol. The van der Waals surface area contributed by atoms with E-state index in [-0.39, 0.29) is 6.04 Å². The molecule has 128 valence electrons. The number of benzene rings is 2. The number of carbonyl (C=O) groups excluding carboxylic acids is 1. The lowest BCUT2D eigenvalue weighted by Crippen LogP contribution is -2.39. The van der Waals surface area contributed by atoms with E-state index in [1.165, 1.54) is 0 Å². The van der Waals surface area contributed by atoms with Crippen molar-refractivity contribution in [3.63, 3.8) is 0 Å². The molecule has 2 atom stereocenters. The lowest BCUT2D eigenvalue weighted by molar-refractivity contribution is -0.128. The number of rotatable bonds is 7. The normalized spacial score (nSPS) is 13.9. The van der Waals surface area contributed by atoms with Crippen LogP contribution in [0.3, 0.4) is 0 Å². The Bertz CT molecular complexity index is 760. The molecule has 24 heavy (non-hydrogen) atoms. The van der Waals surface area contributed by atoms with E-state index in [1.807, 2.05) is 37.3 Å². The van der Waals surface area contributed by atoms with Gasteiger partial charge >= 0.3 is 0 Å². The highest BCUT2D eigenvalue weighted by Crippen LogP contribution is 2.20. The second-order valence-electron chi connectivity index (χ2n) is 5.69. The Morgan fingerprint density at radius 1 is 1.04 bits per heavy atom. The van der Waals surface area contributed by atoms with Gasteiger partial charge in [-0.05, 0) is 24.5 Å². The van der Waals surface area contributed by atoms with Gasteiger partial charge in [0.2, 0.25) is 0 Å². The molecule has 2 aromatic rings. The van der Waals surface area contributed by atoms with Gasteiger partial charge in [-0.1, -0.05) is 60.7 Å². The highest BCUT2D eigenvalue weighted by Gasteiger charge is 2.26. The summed E-state index contributed by atoms with van der Waals surface area (Å²) in [6, 6.07) is 18.2. The van der Waals surface area contributed by atoms with Gasteiger partial charge in [0.15, 0.2) is 6.10 Å². The maximum atomic E-state index is 12.5. The maximum Gasteiger partial charge on any atom is 0.265 e. The summed E-state index contributed by atoms with van der Waals surface area (Å²) in [5, 5.41) is 2.82. The quantitative estimate of drug-likeness (QED) is 0.781. The summed E-state index contributed by atoms with van der Waals surface area (Å²) in [7, 11) is -3.77. The third-order valence-corrected chi connectivity index (χ3v) is 3.93. The zero-order valence-electron chi connectivity index (χ0n) is 13.7. The average Bonchev–Trinajstić information content (AvgIpc) is 2.53. The van der Waals surface area contributed by atoms with Crippen molar-refractivity contribution < 1.29 is 17.4 Å². The minimum atomic E-state index is -3.77. The third kappa shape index (κ3) is 5.79. The predicted octanol–water partition coefficient (Wildman–Crippen LogP) is 2.45. The lowest BCUT2D eigenvalue weighted by atomic mass is 10.1.